The Morgan fingerprint density at radius 3 is 2.68 bits per heavy atom. The Kier molecular flexibility index (Phi) is 5.67. The fourth-order valence-corrected chi connectivity index (χ4v) is 4.60. The molecule has 0 aromatic carbocycles. The number of rotatable bonds is 5. The summed E-state index contributed by atoms with van der Waals surface area (Å²) in [5, 5.41) is 11.9. The minimum Gasteiger partial charge on any atom is -0.396 e. The number of carbonyl (C=O) groups excluding carboxylic acids is 1. The SMILES string of the molecule is C/C=C/c1ccc2n(c1=O)C[C@H]1[C@H](CO)[C@@H](C(=O)NCC(F)(F)F)N(CC)[C@@H]21. The smallest absolute Gasteiger partial charge is 0.396 e. The van der Waals surface area contributed by atoms with Gasteiger partial charge in [0.1, 0.15) is 6.54 Å². The molecule has 2 N–H and O–H groups in total. The molecule has 1 fully saturated rings. The van der Waals surface area contributed by atoms with E-state index in [1.165, 1.54) is 0 Å². The van der Waals surface area contributed by atoms with Gasteiger partial charge in [-0.25, -0.2) is 0 Å². The van der Waals surface area contributed by atoms with Crippen molar-refractivity contribution in [2.75, 3.05) is 19.7 Å². The molecular weight excluding hydrogens is 375 g/mol. The number of aliphatic hydroxyl groups is 1. The van der Waals surface area contributed by atoms with Crippen LogP contribution in [-0.2, 0) is 11.3 Å². The number of nitrogens with one attached hydrogen (secondary N) is 1. The first-order valence-electron chi connectivity index (χ1n) is 9.31. The number of alkyl halides is 3. The molecule has 2 aliphatic heterocycles. The lowest BCUT2D eigenvalue weighted by Gasteiger charge is -2.29. The summed E-state index contributed by atoms with van der Waals surface area (Å²) in [7, 11) is 0. The van der Waals surface area contributed by atoms with E-state index in [0.717, 1.165) is 5.69 Å². The molecule has 2 aliphatic rings. The number of hydrogen-bond acceptors (Lipinski definition) is 4. The van der Waals surface area contributed by atoms with Crippen molar-refractivity contribution in [2.45, 2.75) is 38.7 Å². The molecule has 1 amide bonds. The molecule has 154 valence electrons. The van der Waals surface area contributed by atoms with Gasteiger partial charge in [-0.2, -0.15) is 13.2 Å². The molecule has 0 spiro atoms. The van der Waals surface area contributed by atoms with Crippen molar-refractivity contribution in [3.8, 4) is 0 Å². The Bertz CT molecular complexity index is 834. The molecular formula is C19H24F3N3O3. The van der Waals surface area contributed by atoms with Gasteiger partial charge in [-0.15, -0.1) is 0 Å². The number of aromatic nitrogens is 1. The van der Waals surface area contributed by atoms with Crippen LogP contribution >= 0.6 is 0 Å². The first-order valence-corrected chi connectivity index (χ1v) is 9.31. The number of amides is 1. The molecule has 0 bridgehead atoms. The van der Waals surface area contributed by atoms with Crippen LogP contribution < -0.4 is 10.9 Å². The average molecular weight is 399 g/mol. The van der Waals surface area contributed by atoms with E-state index in [4.69, 9.17) is 0 Å². The van der Waals surface area contributed by atoms with Gasteiger partial charge in [-0.3, -0.25) is 14.5 Å². The van der Waals surface area contributed by atoms with E-state index in [2.05, 4.69) is 0 Å². The summed E-state index contributed by atoms with van der Waals surface area (Å²) in [5.41, 5.74) is 1.14. The lowest BCUT2D eigenvalue weighted by Crippen LogP contribution is -2.50. The third-order valence-corrected chi connectivity index (χ3v) is 5.66. The van der Waals surface area contributed by atoms with Crippen molar-refractivity contribution >= 4 is 12.0 Å². The average Bonchev–Trinajstić information content (AvgIpc) is 3.16. The predicted octanol–water partition coefficient (Wildman–Crippen LogP) is 1.54. The molecule has 9 heteroatoms. The van der Waals surface area contributed by atoms with Crippen LogP contribution in [0.2, 0.25) is 0 Å². The largest absolute Gasteiger partial charge is 0.405 e. The van der Waals surface area contributed by atoms with Crippen molar-refractivity contribution < 1.29 is 23.1 Å². The molecule has 3 rings (SSSR count). The minimum atomic E-state index is -4.50. The highest BCUT2D eigenvalue weighted by atomic mass is 19.4. The molecule has 1 aromatic rings. The van der Waals surface area contributed by atoms with Crippen LogP contribution in [0.5, 0.6) is 0 Å². The number of likely N-dealkylation sites (N-methyl/N-ethyl adjacent to an activating group) is 1. The Hall–Kier alpha value is -2.13. The Balaban J connectivity index is 1.95. The second-order valence-corrected chi connectivity index (χ2v) is 7.19. The van der Waals surface area contributed by atoms with E-state index >= 15 is 0 Å². The van der Waals surface area contributed by atoms with Crippen molar-refractivity contribution in [1.82, 2.24) is 14.8 Å². The number of fused-ring (bicyclic) bond motifs is 3. The van der Waals surface area contributed by atoms with Crippen molar-refractivity contribution in [3.05, 3.63) is 39.8 Å². The molecule has 28 heavy (non-hydrogen) atoms. The van der Waals surface area contributed by atoms with Crippen LogP contribution in [0.1, 0.15) is 31.1 Å². The quantitative estimate of drug-likeness (QED) is 0.788. The summed E-state index contributed by atoms with van der Waals surface area (Å²) >= 11 is 0. The molecule has 1 aromatic heterocycles. The summed E-state index contributed by atoms with van der Waals surface area (Å²) in [6, 6.07) is 2.38. The Morgan fingerprint density at radius 1 is 1.39 bits per heavy atom. The van der Waals surface area contributed by atoms with Crippen LogP contribution in [0.15, 0.2) is 23.0 Å². The third kappa shape index (κ3) is 3.48. The molecule has 0 unspecified atom stereocenters. The van der Waals surface area contributed by atoms with E-state index in [1.54, 1.807) is 27.7 Å². The number of allylic oxidation sites excluding steroid dienone is 1. The van der Waals surface area contributed by atoms with Crippen LogP contribution in [-0.4, -0.2) is 52.4 Å². The van der Waals surface area contributed by atoms with Gasteiger partial charge in [0.2, 0.25) is 5.91 Å². The fourth-order valence-electron chi connectivity index (χ4n) is 4.60. The van der Waals surface area contributed by atoms with Crippen molar-refractivity contribution in [1.29, 1.82) is 0 Å². The van der Waals surface area contributed by atoms with Gasteiger partial charge >= 0.3 is 6.18 Å². The molecule has 3 heterocycles. The molecule has 0 radical (unpaired) electrons. The molecule has 1 saturated heterocycles. The summed E-state index contributed by atoms with van der Waals surface area (Å²) in [6.45, 7) is 2.62. The number of aliphatic hydroxyl groups excluding tert-OH is 1. The zero-order valence-electron chi connectivity index (χ0n) is 15.7. The van der Waals surface area contributed by atoms with Gasteiger partial charge in [-0.1, -0.05) is 19.1 Å². The zero-order chi connectivity index (χ0) is 20.6. The summed E-state index contributed by atoms with van der Waals surface area (Å²) < 4.78 is 39.2. The molecule has 4 atom stereocenters. The second kappa shape index (κ2) is 7.71. The standard InChI is InChI=1S/C19H24F3N3O3/c1-3-5-11-6-7-14-15-12(8-25(14)18(11)28)13(9-26)16(24(15)4-2)17(27)23-10-19(20,21)22/h3,5-7,12-13,15-16,26H,4,8-10H2,1-2H3,(H,23,27)/b5-3+/t12-,13-,15+,16-/m0/s1. The van der Waals surface area contributed by atoms with E-state index < -0.39 is 30.6 Å². The van der Waals surface area contributed by atoms with Gasteiger partial charge in [0.05, 0.1) is 12.1 Å². The predicted molar refractivity (Wildman–Crippen MR) is 97.4 cm³/mol. The second-order valence-electron chi connectivity index (χ2n) is 7.19. The van der Waals surface area contributed by atoms with Gasteiger partial charge < -0.3 is 15.0 Å². The molecule has 6 nitrogen and oxygen atoms in total. The van der Waals surface area contributed by atoms with Crippen LogP contribution in [0.25, 0.3) is 6.08 Å². The molecule has 0 saturated carbocycles. The zero-order valence-corrected chi connectivity index (χ0v) is 15.7. The maximum absolute atomic E-state index is 12.7. The first-order chi connectivity index (χ1) is 13.2. The number of hydrogen-bond donors (Lipinski definition) is 2. The van der Waals surface area contributed by atoms with Crippen molar-refractivity contribution in [2.24, 2.45) is 11.8 Å². The summed E-state index contributed by atoms with van der Waals surface area (Å²) in [6.07, 6.45) is -1.01. The number of halogens is 3. The number of nitrogens with zero attached hydrogens (tertiary/aromatic N) is 2. The van der Waals surface area contributed by atoms with E-state index in [-0.39, 0.29) is 24.1 Å². The highest BCUT2D eigenvalue weighted by molar-refractivity contribution is 5.82. The lowest BCUT2D eigenvalue weighted by atomic mass is 9.88. The van der Waals surface area contributed by atoms with Crippen LogP contribution in [0.3, 0.4) is 0 Å². The van der Waals surface area contributed by atoms with Gasteiger partial charge in [0, 0.05) is 36.2 Å². The Morgan fingerprint density at radius 2 is 2.11 bits per heavy atom. The number of likely N-dealkylation sites (tertiary alicyclic amines) is 1. The maximum atomic E-state index is 12.7. The van der Waals surface area contributed by atoms with Crippen molar-refractivity contribution in [3.63, 3.8) is 0 Å². The maximum Gasteiger partial charge on any atom is 0.405 e. The minimum absolute atomic E-state index is 0.143. The third-order valence-electron chi connectivity index (χ3n) is 5.66. The van der Waals surface area contributed by atoms with Gasteiger partial charge in [0.15, 0.2) is 0 Å². The number of carbonyl (C=O) groups is 1. The monoisotopic (exact) mass is 399 g/mol. The van der Waals surface area contributed by atoms with Crippen LogP contribution in [0, 0.1) is 11.8 Å². The lowest BCUT2D eigenvalue weighted by molar-refractivity contribution is -0.142. The summed E-state index contributed by atoms with van der Waals surface area (Å²) in [4.78, 5) is 27.1. The summed E-state index contributed by atoms with van der Waals surface area (Å²) in [5.74, 6) is -1.52. The van der Waals surface area contributed by atoms with E-state index in [1.807, 2.05) is 25.2 Å². The van der Waals surface area contributed by atoms with E-state index in [9.17, 15) is 27.9 Å². The normalized spacial score (nSPS) is 27.2. The topological polar surface area (TPSA) is 74.6 Å². The van der Waals surface area contributed by atoms with Crippen LogP contribution in [0.4, 0.5) is 13.2 Å². The number of pyridine rings is 1. The van der Waals surface area contributed by atoms with Gasteiger partial charge in [-0.05, 0) is 25.6 Å². The highest BCUT2D eigenvalue weighted by Crippen LogP contribution is 2.48. The highest BCUT2D eigenvalue weighted by Gasteiger charge is 2.55. The first kappa shape index (κ1) is 20.6. The molecule has 0 aliphatic carbocycles. The Labute approximate surface area is 160 Å². The van der Waals surface area contributed by atoms with Gasteiger partial charge in [0.25, 0.3) is 5.56 Å². The fraction of sp³-hybridized carbons (Fsp3) is 0.579. The van der Waals surface area contributed by atoms with E-state index in [0.29, 0.717) is 18.7 Å².